The van der Waals surface area contributed by atoms with Gasteiger partial charge in [-0.2, -0.15) is 0 Å². The Kier molecular flexibility index (Phi) is 10.2. The zero-order valence-corrected chi connectivity index (χ0v) is 19.5. The molecule has 6 nitrogen and oxygen atoms in total. The van der Waals surface area contributed by atoms with E-state index in [1.807, 2.05) is 20.8 Å². The Morgan fingerprint density at radius 1 is 0.480 bits per heavy atom. The first-order valence-electron chi connectivity index (χ1n) is 8.85. The number of rotatable bonds is 9. The van der Waals surface area contributed by atoms with Gasteiger partial charge < -0.3 is 0 Å². The summed E-state index contributed by atoms with van der Waals surface area (Å²) in [6.07, 6.45) is -0.426. The molecule has 0 rings (SSSR count). The van der Waals surface area contributed by atoms with Gasteiger partial charge in [0.1, 0.15) is 0 Å². The van der Waals surface area contributed by atoms with E-state index in [0.29, 0.717) is 0 Å². The van der Waals surface area contributed by atoms with Crippen LogP contribution in [0.2, 0.25) is 0 Å². The fourth-order valence-electron chi connectivity index (χ4n) is 0.769. The molecule has 3 unspecified atom stereocenters. The number of hydrogen-bond donors (Lipinski definition) is 0. The summed E-state index contributed by atoms with van der Waals surface area (Å²) in [7, 11) is 0. The van der Waals surface area contributed by atoms with Crippen molar-refractivity contribution in [3.63, 3.8) is 0 Å². The molecule has 0 radical (unpaired) electrons. The van der Waals surface area contributed by atoms with Gasteiger partial charge in [-0.25, -0.2) is 0 Å². The van der Waals surface area contributed by atoms with Crippen LogP contribution in [0.4, 0.5) is 0 Å². The maximum absolute atomic E-state index is 5.46. The zero-order chi connectivity index (χ0) is 20.1. The molecule has 0 aliphatic rings. The van der Waals surface area contributed by atoms with E-state index >= 15 is 0 Å². The van der Waals surface area contributed by atoms with Crippen molar-refractivity contribution in [2.24, 2.45) is 16.2 Å². The van der Waals surface area contributed by atoms with Crippen molar-refractivity contribution in [1.29, 1.82) is 0 Å². The van der Waals surface area contributed by atoms with Crippen LogP contribution in [0.25, 0.3) is 0 Å². The van der Waals surface area contributed by atoms with Crippen LogP contribution in [-0.4, -0.2) is 18.3 Å². The molecule has 152 valence electrons. The van der Waals surface area contributed by atoms with Gasteiger partial charge in [-0.15, -0.1) is 0 Å². The standard InChI is InChI=1S/3C6H14O2.V/c3*1-5(8-7)6(2,3)4;/h3*5,7H,1-4H3;/q;;;+3/p-3. The normalized spacial score (nSPS) is 17.6. The summed E-state index contributed by atoms with van der Waals surface area (Å²) >= 11 is -2.86. The molecule has 3 atom stereocenters. The molecule has 0 aromatic rings. The van der Waals surface area contributed by atoms with Crippen molar-refractivity contribution in [1.82, 2.24) is 0 Å². The van der Waals surface area contributed by atoms with Gasteiger partial charge in [0.25, 0.3) is 0 Å². The van der Waals surface area contributed by atoms with Crippen molar-refractivity contribution in [3.05, 3.63) is 0 Å². The van der Waals surface area contributed by atoms with Crippen LogP contribution in [0.5, 0.6) is 0 Å². The van der Waals surface area contributed by atoms with Gasteiger partial charge in [-0.3, -0.25) is 0 Å². The first-order chi connectivity index (χ1) is 11.0. The van der Waals surface area contributed by atoms with Crippen molar-refractivity contribution in [2.75, 3.05) is 0 Å². The van der Waals surface area contributed by atoms with Crippen LogP contribution >= 0.6 is 0 Å². The van der Waals surface area contributed by atoms with Crippen molar-refractivity contribution in [3.8, 4) is 0 Å². The molecule has 0 heterocycles. The molecule has 0 amide bonds. The van der Waals surface area contributed by atoms with Crippen LogP contribution in [0, 0.1) is 16.2 Å². The molecule has 0 fully saturated rings. The van der Waals surface area contributed by atoms with E-state index in [1.54, 1.807) is 0 Å². The summed E-state index contributed by atoms with van der Waals surface area (Å²) in [4.78, 5) is 16.4. The predicted molar refractivity (Wildman–Crippen MR) is 93.3 cm³/mol. The SMILES string of the molecule is CC(O[O][V]([O]OC(C)C(C)(C)C)[O]OC(C)C(C)(C)C)C(C)(C)C. The van der Waals surface area contributed by atoms with Gasteiger partial charge in [0.05, 0.1) is 0 Å². The Labute approximate surface area is 160 Å². The molecule has 0 saturated heterocycles. The first-order valence-corrected chi connectivity index (χ1v) is 10.6. The van der Waals surface area contributed by atoms with Gasteiger partial charge in [-0.05, 0) is 0 Å². The predicted octanol–water partition coefficient (Wildman–Crippen LogP) is 5.50. The summed E-state index contributed by atoms with van der Waals surface area (Å²) in [5, 5.41) is 0. The quantitative estimate of drug-likeness (QED) is 0.375. The molecule has 0 bridgehead atoms. The summed E-state index contributed by atoms with van der Waals surface area (Å²) in [6, 6.07) is 0. The average molecular weight is 402 g/mol. The van der Waals surface area contributed by atoms with E-state index in [-0.39, 0.29) is 34.6 Å². The second-order valence-corrected chi connectivity index (χ2v) is 11.2. The van der Waals surface area contributed by atoms with E-state index in [9.17, 15) is 0 Å². The Morgan fingerprint density at radius 2 is 0.680 bits per heavy atom. The second-order valence-electron chi connectivity index (χ2n) is 9.76. The van der Waals surface area contributed by atoms with Crippen LogP contribution < -0.4 is 0 Å². The molecule has 7 heteroatoms. The van der Waals surface area contributed by atoms with E-state index < -0.39 is 16.2 Å². The van der Waals surface area contributed by atoms with Crippen molar-refractivity contribution >= 4 is 0 Å². The topological polar surface area (TPSA) is 55.4 Å². The van der Waals surface area contributed by atoms with Gasteiger partial charge >= 0.3 is 160 Å². The molecule has 0 N–H and O–H groups in total. The van der Waals surface area contributed by atoms with Gasteiger partial charge in [0.15, 0.2) is 0 Å². The van der Waals surface area contributed by atoms with Crippen LogP contribution in [-0.2, 0) is 42.3 Å². The summed E-state index contributed by atoms with van der Waals surface area (Å²) in [5.41, 5.74) is -0.211. The minimum absolute atomic E-state index is 0.0703. The van der Waals surface area contributed by atoms with Crippen LogP contribution in [0.1, 0.15) is 83.1 Å². The summed E-state index contributed by atoms with van der Waals surface area (Å²) in [5.74, 6) is 0. The molecular weight excluding hydrogens is 363 g/mol. The minimum atomic E-state index is -2.86. The molecule has 0 aliphatic heterocycles. The first kappa shape index (κ1) is 25.3. The van der Waals surface area contributed by atoms with Gasteiger partial charge in [0.2, 0.25) is 0 Å². The maximum atomic E-state index is 5.46. The Balaban J connectivity index is 4.70. The average Bonchev–Trinajstić information content (AvgIpc) is 2.42. The van der Waals surface area contributed by atoms with Crippen LogP contribution in [0.3, 0.4) is 0 Å². The monoisotopic (exact) mass is 402 g/mol. The zero-order valence-electron chi connectivity index (χ0n) is 18.1. The number of hydrogen-bond acceptors (Lipinski definition) is 6. The molecule has 0 aliphatic carbocycles. The van der Waals surface area contributed by atoms with E-state index in [2.05, 4.69) is 62.3 Å². The van der Waals surface area contributed by atoms with E-state index in [1.165, 1.54) is 0 Å². The van der Waals surface area contributed by atoms with Gasteiger partial charge in [0, 0.05) is 0 Å². The molecule has 0 aromatic carbocycles. The van der Waals surface area contributed by atoms with Gasteiger partial charge in [-0.1, -0.05) is 0 Å². The third-order valence-electron chi connectivity index (χ3n) is 4.40. The second kappa shape index (κ2) is 10.0. The fourth-order valence-corrected chi connectivity index (χ4v) is 1.82. The molecule has 0 saturated carbocycles. The summed E-state index contributed by atoms with van der Waals surface area (Å²) < 4.78 is 16.2. The molecule has 0 aromatic heterocycles. The molecule has 25 heavy (non-hydrogen) atoms. The third kappa shape index (κ3) is 10.9. The van der Waals surface area contributed by atoms with Crippen molar-refractivity contribution in [2.45, 2.75) is 101 Å². The van der Waals surface area contributed by atoms with Crippen LogP contribution in [0.15, 0.2) is 0 Å². The van der Waals surface area contributed by atoms with E-state index in [4.69, 9.17) is 26.1 Å². The Bertz CT molecular complexity index is 312. The molecular formula is C18H39O6V. The molecule has 0 spiro atoms. The van der Waals surface area contributed by atoms with E-state index in [0.717, 1.165) is 0 Å². The Morgan fingerprint density at radius 3 is 0.840 bits per heavy atom. The third-order valence-corrected chi connectivity index (χ3v) is 5.38. The fraction of sp³-hybridized carbons (Fsp3) is 1.00. The summed E-state index contributed by atoms with van der Waals surface area (Å²) in [6.45, 7) is 24.4. The van der Waals surface area contributed by atoms with Crippen molar-refractivity contribution < 1.29 is 42.3 Å². The Hall–Kier alpha value is 0.344.